The maximum Gasteiger partial charge on any atom is 0.231 e. The fraction of sp³-hybridized carbons (Fsp3) is 0.500. The first-order valence-corrected chi connectivity index (χ1v) is 9.48. The average Bonchev–Trinajstić information content (AvgIpc) is 3.07. The van der Waals surface area contributed by atoms with Gasteiger partial charge < -0.3 is 9.80 Å². The second kappa shape index (κ2) is 7.23. The summed E-state index contributed by atoms with van der Waals surface area (Å²) in [6.45, 7) is 3.20. The van der Waals surface area contributed by atoms with E-state index in [1.807, 2.05) is 44.6 Å². The van der Waals surface area contributed by atoms with Crippen LogP contribution in [0.2, 0.25) is 0 Å². The normalized spacial score (nSPS) is 25.3. The van der Waals surface area contributed by atoms with Crippen LogP contribution in [0.25, 0.3) is 0 Å². The van der Waals surface area contributed by atoms with Crippen LogP contribution < -0.4 is 4.90 Å². The molecule has 2 aromatic heterocycles. The minimum Gasteiger partial charge on any atom is -0.348 e. The van der Waals surface area contributed by atoms with Crippen LogP contribution in [0.5, 0.6) is 0 Å². The van der Waals surface area contributed by atoms with E-state index in [2.05, 4.69) is 24.8 Å². The molecule has 0 aromatic carbocycles. The molecular formula is C20H26N6O. The van der Waals surface area contributed by atoms with Crippen LogP contribution in [0.3, 0.4) is 0 Å². The van der Waals surface area contributed by atoms with Crippen LogP contribution in [-0.2, 0) is 11.3 Å². The number of amides is 1. The van der Waals surface area contributed by atoms with Crippen LogP contribution in [0.1, 0.15) is 18.5 Å². The number of rotatable bonds is 4. The smallest absolute Gasteiger partial charge is 0.231 e. The summed E-state index contributed by atoms with van der Waals surface area (Å²) in [5, 5.41) is 0. The summed E-state index contributed by atoms with van der Waals surface area (Å²) in [5.74, 6) is 0.925. The number of fused-ring (bicyclic) bond motifs is 1. The van der Waals surface area contributed by atoms with Gasteiger partial charge in [0.1, 0.15) is 0 Å². The second-order valence-electron chi connectivity index (χ2n) is 7.71. The van der Waals surface area contributed by atoms with E-state index in [4.69, 9.17) is 0 Å². The first-order valence-electron chi connectivity index (χ1n) is 9.48. The van der Waals surface area contributed by atoms with Crippen LogP contribution in [0.15, 0.2) is 42.9 Å². The van der Waals surface area contributed by atoms with Gasteiger partial charge in [0.05, 0.1) is 17.2 Å². The highest BCUT2D eigenvalue weighted by atomic mass is 16.2. The van der Waals surface area contributed by atoms with Gasteiger partial charge in [0.15, 0.2) is 0 Å². The van der Waals surface area contributed by atoms with Gasteiger partial charge in [-0.25, -0.2) is 9.97 Å². The molecule has 7 heteroatoms. The van der Waals surface area contributed by atoms with E-state index in [1.54, 1.807) is 17.3 Å². The Hall–Kier alpha value is -2.54. The predicted molar refractivity (Wildman–Crippen MR) is 103 cm³/mol. The molecule has 0 aliphatic carbocycles. The molecule has 27 heavy (non-hydrogen) atoms. The number of pyridine rings is 1. The zero-order valence-electron chi connectivity index (χ0n) is 16.0. The number of nitrogens with zero attached hydrogens (tertiary/aromatic N) is 6. The fourth-order valence-electron chi connectivity index (χ4n) is 4.63. The summed E-state index contributed by atoms with van der Waals surface area (Å²) in [6.07, 6.45) is 7.23. The molecular weight excluding hydrogens is 340 g/mol. The van der Waals surface area contributed by atoms with Crippen molar-refractivity contribution in [1.82, 2.24) is 24.8 Å². The highest BCUT2D eigenvalue weighted by Gasteiger charge is 2.56. The minimum atomic E-state index is -0.421. The van der Waals surface area contributed by atoms with E-state index >= 15 is 0 Å². The van der Waals surface area contributed by atoms with Gasteiger partial charge in [-0.2, -0.15) is 0 Å². The average molecular weight is 366 g/mol. The highest BCUT2D eigenvalue weighted by molar-refractivity contribution is 5.85. The molecule has 142 valence electrons. The number of piperidine rings is 1. The molecule has 2 atom stereocenters. The van der Waals surface area contributed by atoms with E-state index in [0.717, 1.165) is 50.7 Å². The summed E-state index contributed by atoms with van der Waals surface area (Å²) in [6, 6.07) is 7.88. The molecule has 0 N–H and O–H groups in total. The highest BCUT2D eigenvalue weighted by Crippen LogP contribution is 2.44. The van der Waals surface area contributed by atoms with E-state index in [0.29, 0.717) is 0 Å². The van der Waals surface area contributed by atoms with E-state index in [1.165, 1.54) is 0 Å². The minimum absolute atomic E-state index is 0.0762. The van der Waals surface area contributed by atoms with Gasteiger partial charge in [-0.15, -0.1) is 0 Å². The van der Waals surface area contributed by atoms with Gasteiger partial charge >= 0.3 is 0 Å². The third-order valence-corrected chi connectivity index (χ3v) is 5.73. The Morgan fingerprint density at radius 3 is 2.67 bits per heavy atom. The molecule has 4 rings (SSSR count). The monoisotopic (exact) mass is 366 g/mol. The number of aromatic nitrogens is 3. The lowest BCUT2D eigenvalue weighted by Crippen LogP contribution is -2.58. The predicted octanol–water partition coefficient (Wildman–Crippen LogP) is 1.43. The quantitative estimate of drug-likeness (QED) is 0.816. The van der Waals surface area contributed by atoms with Gasteiger partial charge in [-0.1, -0.05) is 6.07 Å². The van der Waals surface area contributed by atoms with Gasteiger partial charge in [0.2, 0.25) is 11.9 Å². The lowest BCUT2D eigenvalue weighted by Gasteiger charge is -2.45. The number of carbonyl (C=O) groups is 1. The van der Waals surface area contributed by atoms with Crippen LogP contribution in [-0.4, -0.2) is 70.4 Å². The molecule has 7 nitrogen and oxygen atoms in total. The molecule has 0 bridgehead atoms. The molecule has 0 saturated carbocycles. The Morgan fingerprint density at radius 2 is 1.96 bits per heavy atom. The van der Waals surface area contributed by atoms with Gasteiger partial charge in [-0.05, 0) is 31.0 Å². The maximum atomic E-state index is 13.3. The Morgan fingerprint density at radius 1 is 1.19 bits per heavy atom. The number of anilines is 1. The van der Waals surface area contributed by atoms with Crippen molar-refractivity contribution in [2.24, 2.45) is 5.41 Å². The standard InChI is InChI=1S/C20H26N6O/c1-24(2)18(27)20-8-5-12-26(19-22-10-6-11-23-19)17(20)14-25(15-20)13-16-7-3-4-9-21-16/h3-4,6-7,9-11,17H,5,8,12-15H2,1-2H3/t17-,20-/m0/s1. The van der Waals surface area contributed by atoms with Gasteiger partial charge in [0, 0.05) is 58.9 Å². The first kappa shape index (κ1) is 17.9. The Labute approximate surface area is 160 Å². The van der Waals surface area contributed by atoms with Crippen molar-refractivity contribution >= 4 is 11.9 Å². The van der Waals surface area contributed by atoms with Crippen LogP contribution in [0, 0.1) is 5.41 Å². The van der Waals surface area contributed by atoms with E-state index in [9.17, 15) is 4.79 Å². The van der Waals surface area contributed by atoms with Crippen LogP contribution in [0.4, 0.5) is 5.95 Å². The molecule has 0 unspecified atom stereocenters. The summed E-state index contributed by atoms with van der Waals surface area (Å²) in [4.78, 5) is 33.0. The third-order valence-electron chi connectivity index (χ3n) is 5.73. The van der Waals surface area contributed by atoms with E-state index in [-0.39, 0.29) is 11.9 Å². The summed E-state index contributed by atoms with van der Waals surface area (Å²) >= 11 is 0. The van der Waals surface area contributed by atoms with Gasteiger partial charge in [0.25, 0.3) is 0 Å². The molecule has 0 spiro atoms. The molecule has 2 aromatic rings. The third kappa shape index (κ3) is 3.27. The lowest BCUT2D eigenvalue weighted by molar-refractivity contribution is -0.140. The van der Waals surface area contributed by atoms with Crippen molar-refractivity contribution in [2.45, 2.75) is 25.4 Å². The van der Waals surface area contributed by atoms with Crippen molar-refractivity contribution in [3.05, 3.63) is 48.5 Å². The van der Waals surface area contributed by atoms with Crippen LogP contribution >= 0.6 is 0 Å². The summed E-state index contributed by atoms with van der Waals surface area (Å²) < 4.78 is 0. The van der Waals surface area contributed by atoms with Crippen molar-refractivity contribution < 1.29 is 4.79 Å². The number of hydrogen-bond donors (Lipinski definition) is 0. The Kier molecular flexibility index (Phi) is 4.78. The zero-order chi connectivity index (χ0) is 18.9. The fourth-order valence-corrected chi connectivity index (χ4v) is 4.63. The largest absolute Gasteiger partial charge is 0.348 e. The molecule has 2 fully saturated rings. The molecule has 2 aliphatic heterocycles. The Balaban J connectivity index is 1.66. The topological polar surface area (TPSA) is 65.5 Å². The van der Waals surface area contributed by atoms with Crippen molar-refractivity contribution in [3.63, 3.8) is 0 Å². The zero-order valence-corrected chi connectivity index (χ0v) is 16.0. The lowest BCUT2D eigenvalue weighted by atomic mass is 9.74. The van der Waals surface area contributed by atoms with Gasteiger partial charge in [-0.3, -0.25) is 14.7 Å². The molecule has 4 heterocycles. The number of likely N-dealkylation sites (tertiary alicyclic amines) is 1. The van der Waals surface area contributed by atoms with Crippen molar-refractivity contribution in [1.29, 1.82) is 0 Å². The Bertz CT molecular complexity index is 784. The molecule has 2 aliphatic rings. The SMILES string of the molecule is CN(C)C(=O)[C@]12CCCN(c3ncccn3)[C@H]1CN(Cc1ccccn1)C2. The number of hydrogen-bond acceptors (Lipinski definition) is 6. The summed E-state index contributed by atoms with van der Waals surface area (Å²) in [5.41, 5.74) is 0.613. The second-order valence-corrected chi connectivity index (χ2v) is 7.71. The summed E-state index contributed by atoms with van der Waals surface area (Å²) in [7, 11) is 3.71. The maximum absolute atomic E-state index is 13.3. The molecule has 2 saturated heterocycles. The first-order chi connectivity index (χ1) is 13.1. The van der Waals surface area contributed by atoms with Crippen molar-refractivity contribution in [2.75, 3.05) is 38.6 Å². The molecule has 0 radical (unpaired) electrons. The van der Waals surface area contributed by atoms with Crippen molar-refractivity contribution in [3.8, 4) is 0 Å². The molecule has 1 amide bonds. The number of carbonyl (C=O) groups excluding carboxylic acids is 1. The van der Waals surface area contributed by atoms with E-state index < -0.39 is 5.41 Å².